The lowest BCUT2D eigenvalue weighted by Crippen LogP contribution is -2.52. The largest absolute Gasteiger partial charge is 0.381 e. The number of nitrogens with zero attached hydrogens (tertiary/aromatic N) is 5. The molecule has 1 saturated carbocycles. The quantitative estimate of drug-likeness (QED) is 0.777. The van der Waals surface area contributed by atoms with E-state index in [0.717, 1.165) is 76.2 Å². The van der Waals surface area contributed by atoms with Crippen LogP contribution in [-0.4, -0.2) is 84.2 Å². The summed E-state index contributed by atoms with van der Waals surface area (Å²) in [7, 11) is 0. The van der Waals surface area contributed by atoms with Crippen molar-refractivity contribution in [3.63, 3.8) is 0 Å². The van der Waals surface area contributed by atoms with Crippen LogP contribution in [0.25, 0.3) is 0 Å². The highest BCUT2D eigenvalue weighted by Gasteiger charge is 2.31. The Morgan fingerprint density at radius 1 is 1.04 bits per heavy atom. The van der Waals surface area contributed by atoms with Crippen LogP contribution in [0.4, 0.5) is 5.95 Å². The normalized spacial score (nSPS) is 26.6. The van der Waals surface area contributed by atoms with Gasteiger partial charge in [0, 0.05) is 64.5 Å². The first-order valence-corrected chi connectivity index (χ1v) is 11.0. The van der Waals surface area contributed by atoms with Crippen molar-refractivity contribution in [2.24, 2.45) is 5.92 Å². The minimum absolute atomic E-state index is 0.0508. The van der Waals surface area contributed by atoms with E-state index in [0.29, 0.717) is 13.2 Å². The van der Waals surface area contributed by atoms with E-state index >= 15 is 0 Å². The van der Waals surface area contributed by atoms with E-state index < -0.39 is 0 Å². The van der Waals surface area contributed by atoms with Crippen molar-refractivity contribution < 1.29 is 9.53 Å². The topological polar surface area (TPSA) is 61.8 Å². The average Bonchev–Trinajstić information content (AvgIpc) is 3.14. The highest BCUT2D eigenvalue weighted by atomic mass is 16.5. The van der Waals surface area contributed by atoms with Gasteiger partial charge in [-0.25, -0.2) is 9.97 Å². The predicted molar refractivity (Wildman–Crippen MR) is 106 cm³/mol. The van der Waals surface area contributed by atoms with Crippen LogP contribution in [0.2, 0.25) is 0 Å². The van der Waals surface area contributed by atoms with Crippen LogP contribution in [0.1, 0.15) is 36.9 Å². The maximum Gasteiger partial charge on any atom is 0.228 e. The number of rotatable bonds is 3. The van der Waals surface area contributed by atoms with Crippen molar-refractivity contribution in [2.75, 3.05) is 57.4 Å². The minimum atomic E-state index is 0.0508. The Kier molecular flexibility index (Phi) is 5.20. The number of fused-ring (bicyclic) bond motifs is 1. The van der Waals surface area contributed by atoms with Crippen molar-refractivity contribution in [1.82, 2.24) is 19.8 Å². The van der Waals surface area contributed by atoms with Gasteiger partial charge >= 0.3 is 0 Å². The van der Waals surface area contributed by atoms with Gasteiger partial charge in [0.25, 0.3) is 0 Å². The van der Waals surface area contributed by atoms with Crippen molar-refractivity contribution in [2.45, 2.75) is 44.6 Å². The number of ether oxygens (including phenoxy) is 1. The molecule has 2 saturated heterocycles. The Balaban J connectivity index is 1.21. The number of hydrogen-bond acceptors (Lipinski definition) is 6. The number of amides is 1. The van der Waals surface area contributed by atoms with Crippen LogP contribution in [0, 0.1) is 5.92 Å². The summed E-state index contributed by atoms with van der Waals surface area (Å²) in [4.78, 5) is 29.3. The second-order valence-corrected chi connectivity index (χ2v) is 8.64. The molecule has 1 atom stereocenters. The second kappa shape index (κ2) is 7.95. The van der Waals surface area contributed by atoms with E-state index in [-0.39, 0.29) is 11.8 Å². The molecule has 7 nitrogen and oxygen atoms in total. The van der Waals surface area contributed by atoms with Crippen LogP contribution in [0.15, 0.2) is 6.20 Å². The van der Waals surface area contributed by atoms with E-state index in [4.69, 9.17) is 9.72 Å². The molecule has 1 unspecified atom stereocenters. The summed E-state index contributed by atoms with van der Waals surface area (Å²) in [6, 6.07) is 0.823. The van der Waals surface area contributed by atoms with Gasteiger partial charge in [-0.2, -0.15) is 0 Å². The van der Waals surface area contributed by atoms with Crippen LogP contribution >= 0.6 is 0 Å². The summed E-state index contributed by atoms with van der Waals surface area (Å²) < 4.78 is 5.40. The molecule has 0 spiro atoms. The fourth-order valence-electron chi connectivity index (χ4n) is 4.86. The number of anilines is 1. The molecule has 1 aromatic rings. The summed E-state index contributed by atoms with van der Waals surface area (Å²) in [6.45, 7) is 7.10. The van der Waals surface area contributed by atoms with Crippen molar-refractivity contribution in [3.8, 4) is 0 Å². The molecule has 3 fully saturated rings. The summed E-state index contributed by atoms with van der Waals surface area (Å²) in [6.07, 6.45) is 8.68. The maximum atomic E-state index is 12.7. The molecule has 1 amide bonds. The van der Waals surface area contributed by atoms with Gasteiger partial charge in [0.1, 0.15) is 0 Å². The zero-order valence-electron chi connectivity index (χ0n) is 16.7. The number of piperazine rings is 1. The lowest BCUT2D eigenvalue weighted by atomic mass is 9.91. The standard InChI is InChI=1S/C21H31N5O2/c27-20(17-6-13-28-15-17)25-7-4-16-14-22-21(23-19(16)5-8-25)26-11-9-24(10-12-26)18-2-1-3-18/h14,17-18H,1-13,15H2. The van der Waals surface area contributed by atoms with Gasteiger partial charge in [0.2, 0.25) is 11.9 Å². The highest BCUT2D eigenvalue weighted by Crippen LogP contribution is 2.26. The summed E-state index contributed by atoms with van der Waals surface area (Å²) >= 11 is 0. The Bertz CT molecular complexity index is 709. The van der Waals surface area contributed by atoms with Gasteiger partial charge in [-0.15, -0.1) is 0 Å². The molecule has 1 aliphatic carbocycles. The third-order valence-corrected chi connectivity index (χ3v) is 6.99. The van der Waals surface area contributed by atoms with Crippen molar-refractivity contribution in [3.05, 3.63) is 17.5 Å². The third kappa shape index (κ3) is 3.62. The summed E-state index contributed by atoms with van der Waals surface area (Å²) in [5, 5.41) is 0. The van der Waals surface area contributed by atoms with E-state index in [2.05, 4.69) is 14.8 Å². The SMILES string of the molecule is O=C(C1CCOC1)N1CCc2cnc(N3CCN(C4CCC4)CC3)nc2CC1. The van der Waals surface area contributed by atoms with E-state index in [1.165, 1.54) is 24.8 Å². The van der Waals surface area contributed by atoms with Crippen molar-refractivity contribution >= 4 is 11.9 Å². The first-order valence-electron chi connectivity index (χ1n) is 11.0. The molecule has 4 aliphatic rings. The Labute approximate surface area is 167 Å². The Hall–Kier alpha value is -1.73. The molecule has 1 aromatic heterocycles. The monoisotopic (exact) mass is 385 g/mol. The molecule has 5 rings (SSSR count). The van der Waals surface area contributed by atoms with Gasteiger partial charge in [-0.3, -0.25) is 9.69 Å². The van der Waals surface area contributed by atoms with Gasteiger partial charge in [-0.05, 0) is 31.2 Å². The lowest BCUT2D eigenvalue weighted by molar-refractivity contribution is -0.135. The molecule has 7 heteroatoms. The van der Waals surface area contributed by atoms with Gasteiger partial charge in [0.05, 0.1) is 18.2 Å². The van der Waals surface area contributed by atoms with E-state index in [9.17, 15) is 4.79 Å². The van der Waals surface area contributed by atoms with Crippen LogP contribution in [-0.2, 0) is 22.4 Å². The predicted octanol–water partition coefficient (Wildman–Crippen LogP) is 1.11. The molecule has 152 valence electrons. The maximum absolute atomic E-state index is 12.7. The molecular weight excluding hydrogens is 354 g/mol. The molecule has 0 N–H and O–H groups in total. The fourth-order valence-corrected chi connectivity index (χ4v) is 4.86. The lowest BCUT2D eigenvalue weighted by Gasteiger charge is -2.43. The smallest absolute Gasteiger partial charge is 0.228 e. The molecule has 28 heavy (non-hydrogen) atoms. The van der Waals surface area contributed by atoms with Gasteiger partial charge in [-0.1, -0.05) is 6.42 Å². The van der Waals surface area contributed by atoms with E-state index in [1.54, 1.807) is 0 Å². The number of carbonyl (C=O) groups excluding carboxylic acids is 1. The summed E-state index contributed by atoms with van der Waals surface area (Å²) in [5.74, 6) is 1.18. The average molecular weight is 386 g/mol. The third-order valence-electron chi connectivity index (χ3n) is 6.99. The van der Waals surface area contributed by atoms with Crippen LogP contribution in [0.3, 0.4) is 0 Å². The zero-order chi connectivity index (χ0) is 18.9. The first kappa shape index (κ1) is 18.3. The Morgan fingerprint density at radius 3 is 2.57 bits per heavy atom. The van der Waals surface area contributed by atoms with Crippen molar-refractivity contribution in [1.29, 1.82) is 0 Å². The number of hydrogen-bond donors (Lipinski definition) is 0. The van der Waals surface area contributed by atoms with Gasteiger partial charge in [0.15, 0.2) is 0 Å². The van der Waals surface area contributed by atoms with Gasteiger partial charge < -0.3 is 14.5 Å². The van der Waals surface area contributed by atoms with E-state index in [1.807, 2.05) is 11.1 Å². The zero-order valence-corrected chi connectivity index (χ0v) is 16.7. The second-order valence-electron chi connectivity index (χ2n) is 8.64. The molecule has 0 radical (unpaired) electrons. The fraction of sp³-hybridized carbons (Fsp3) is 0.762. The highest BCUT2D eigenvalue weighted by molar-refractivity contribution is 5.79. The molecule has 0 bridgehead atoms. The molecular formula is C21H31N5O2. The minimum Gasteiger partial charge on any atom is -0.381 e. The molecule has 0 aromatic carbocycles. The van der Waals surface area contributed by atoms with Crippen LogP contribution in [0.5, 0.6) is 0 Å². The summed E-state index contributed by atoms with van der Waals surface area (Å²) in [5.41, 5.74) is 2.33. The van der Waals surface area contributed by atoms with Crippen LogP contribution < -0.4 is 4.90 Å². The molecule has 4 heterocycles. The number of carbonyl (C=O) groups is 1. The Morgan fingerprint density at radius 2 is 1.86 bits per heavy atom. The number of aromatic nitrogens is 2. The molecule has 3 aliphatic heterocycles. The first-order chi connectivity index (χ1) is 13.8.